The fourth-order valence-electron chi connectivity index (χ4n) is 1.59. The molecule has 0 saturated heterocycles. The monoisotopic (exact) mass is 420 g/mol. The van der Waals surface area contributed by atoms with Crippen molar-refractivity contribution in [3.8, 4) is 0 Å². The summed E-state index contributed by atoms with van der Waals surface area (Å²) < 4.78 is 29.3. The number of carbonyl (C=O) groups excluding carboxylic acids is 1. The molecule has 7 nitrogen and oxygen atoms in total. The number of carbonyl (C=O) groups is 1. The Bertz CT molecular complexity index is 713. The lowest BCUT2D eigenvalue weighted by Gasteiger charge is -2.23. The van der Waals surface area contributed by atoms with Crippen molar-refractivity contribution in [3.63, 3.8) is 0 Å². The lowest BCUT2D eigenvalue weighted by atomic mass is 10.2. The minimum absolute atomic E-state index is 0.00944. The maximum absolute atomic E-state index is 11.9. The molecule has 0 aliphatic rings. The zero-order valence-corrected chi connectivity index (χ0v) is 16.4. The summed E-state index contributed by atoms with van der Waals surface area (Å²) in [4.78, 5) is 17.3. The van der Waals surface area contributed by atoms with Crippen molar-refractivity contribution in [3.05, 3.63) is 28.2 Å². The molecule has 0 atom stereocenters. The van der Waals surface area contributed by atoms with E-state index in [2.05, 4.69) is 15.9 Å². The van der Waals surface area contributed by atoms with Gasteiger partial charge in [0, 0.05) is 4.47 Å². The Kier molecular flexibility index (Phi) is 6.94. The smallest absolute Gasteiger partial charge is 0.440 e. The fraction of sp³-hybridized carbons (Fsp3) is 0.467. The molecule has 1 rings (SSSR count). The first-order chi connectivity index (χ1) is 11.0. The highest BCUT2D eigenvalue weighted by Crippen LogP contribution is 2.23. The molecule has 1 amide bonds. The molecule has 0 heterocycles. The van der Waals surface area contributed by atoms with Crippen molar-refractivity contribution in [2.75, 3.05) is 5.75 Å². The summed E-state index contributed by atoms with van der Waals surface area (Å²) in [7, 11) is -3.30. The molecule has 0 saturated carbocycles. The van der Waals surface area contributed by atoms with Crippen LogP contribution in [0.15, 0.2) is 27.6 Å². The number of halogens is 1. The van der Waals surface area contributed by atoms with Crippen molar-refractivity contribution in [1.29, 1.82) is 5.41 Å². The Balaban J connectivity index is 2.83. The van der Waals surface area contributed by atoms with Crippen LogP contribution in [0.2, 0.25) is 0 Å². The first-order valence-electron chi connectivity index (χ1n) is 7.17. The van der Waals surface area contributed by atoms with E-state index in [9.17, 15) is 13.2 Å². The molecular formula is C15H21BrN2O5S. The number of nitrogens with one attached hydrogen (secondary N) is 1. The molecule has 0 aliphatic carbocycles. The lowest BCUT2D eigenvalue weighted by Crippen LogP contribution is -2.35. The summed E-state index contributed by atoms with van der Waals surface area (Å²) in [5.74, 6) is 0.00944. The van der Waals surface area contributed by atoms with Gasteiger partial charge in [-0.15, -0.1) is 5.06 Å². The first kappa shape index (κ1) is 20.6. The van der Waals surface area contributed by atoms with Crippen LogP contribution in [0.3, 0.4) is 0 Å². The third-order valence-electron chi connectivity index (χ3n) is 2.81. The summed E-state index contributed by atoms with van der Waals surface area (Å²) in [6.07, 6.45) is -0.100. The molecule has 1 aromatic carbocycles. The molecule has 0 spiro atoms. The van der Waals surface area contributed by atoms with Crippen molar-refractivity contribution in [1.82, 2.24) is 5.06 Å². The second-order valence-corrected chi connectivity index (χ2v) is 9.00. The Hall–Kier alpha value is -1.45. The first-order valence-corrected chi connectivity index (χ1v) is 9.61. The molecule has 0 aliphatic heterocycles. The second-order valence-electron chi connectivity index (χ2n) is 5.87. The summed E-state index contributed by atoms with van der Waals surface area (Å²) >= 11 is 3.29. The van der Waals surface area contributed by atoms with Crippen LogP contribution in [0.1, 0.15) is 33.3 Å². The van der Waals surface area contributed by atoms with E-state index in [1.54, 1.807) is 33.8 Å². The normalized spacial score (nSPS) is 11.9. The maximum atomic E-state index is 11.9. The van der Waals surface area contributed by atoms with E-state index in [4.69, 9.17) is 15.0 Å². The van der Waals surface area contributed by atoms with Gasteiger partial charge in [0.05, 0.1) is 10.6 Å². The van der Waals surface area contributed by atoms with E-state index in [0.29, 0.717) is 21.4 Å². The molecule has 0 unspecified atom stereocenters. The van der Waals surface area contributed by atoms with E-state index in [1.807, 2.05) is 0 Å². The number of benzene rings is 1. The Morgan fingerprint density at radius 2 is 2.00 bits per heavy atom. The summed E-state index contributed by atoms with van der Waals surface area (Å²) in [5.41, 5.74) is -0.0844. The van der Waals surface area contributed by atoms with E-state index < -0.39 is 21.5 Å². The van der Waals surface area contributed by atoms with Crippen LogP contribution < -0.4 is 0 Å². The highest BCUT2D eigenvalue weighted by atomic mass is 79.9. The van der Waals surface area contributed by atoms with Crippen LogP contribution in [-0.2, 0) is 26.0 Å². The Morgan fingerprint density at radius 1 is 1.38 bits per heavy atom. The number of nitrogens with zero attached hydrogens (tertiary/aromatic N) is 1. The molecule has 1 aromatic rings. The summed E-state index contributed by atoms with van der Waals surface area (Å²) in [5, 5.41) is 7.92. The van der Waals surface area contributed by atoms with Gasteiger partial charge < -0.3 is 4.74 Å². The minimum Gasteiger partial charge on any atom is -0.442 e. The molecule has 0 radical (unpaired) electrons. The van der Waals surface area contributed by atoms with Crippen LogP contribution in [-0.4, -0.2) is 37.3 Å². The Morgan fingerprint density at radius 3 is 2.46 bits per heavy atom. The number of hydrogen-bond acceptors (Lipinski definition) is 6. The standard InChI is InChI=1S/C15H21BrN2O5S/c1-5-24(20,21)12-7-6-11(13(16)8-12)9-22-18(10-17)14(19)23-15(2,3)4/h6-8,10,17H,5,9H2,1-4H3. The van der Waals surface area contributed by atoms with Crippen LogP contribution in [0.4, 0.5) is 4.79 Å². The molecule has 1 N–H and O–H groups in total. The van der Waals surface area contributed by atoms with Crippen LogP contribution in [0, 0.1) is 5.41 Å². The van der Waals surface area contributed by atoms with E-state index >= 15 is 0 Å². The third-order valence-corrected chi connectivity index (χ3v) is 5.28. The zero-order chi connectivity index (χ0) is 18.5. The summed E-state index contributed by atoms with van der Waals surface area (Å²) in [6.45, 7) is 6.65. The lowest BCUT2D eigenvalue weighted by molar-refractivity contribution is -0.105. The van der Waals surface area contributed by atoms with Gasteiger partial charge in [0.25, 0.3) is 0 Å². The second kappa shape index (κ2) is 8.09. The molecule has 0 bridgehead atoms. The van der Waals surface area contributed by atoms with Gasteiger partial charge >= 0.3 is 6.09 Å². The van der Waals surface area contributed by atoms with E-state index in [-0.39, 0.29) is 17.3 Å². The molecule has 24 heavy (non-hydrogen) atoms. The average molecular weight is 421 g/mol. The summed E-state index contributed by atoms with van der Waals surface area (Å²) in [6, 6.07) is 4.55. The van der Waals surface area contributed by atoms with Crippen molar-refractivity contribution < 1.29 is 22.8 Å². The van der Waals surface area contributed by atoms with Gasteiger partial charge in [0.2, 0.25) is 0 Å². The highest BCUT2D eigenvalue weighted by molar-refractivity contribution is 9.10. The van der Waals surface area contributed by atoms with E-state index in [0.717, 1.165) is 0 Å². The van der Waals surface area contributed by atoms with Gasteiger partial charge in [-0.3, -0.25) is 10.2 Å². The van der Waals surface area contributed by atoms with Gasteiger partial charge in [0.1, 0.15) is 18.5 Å². The van der Waals surface area contributed by atoms with Crippen LogP contribution in [0.5, 0.6) is 0 Å². The number of hydrogen-bond donors (Lipinski definition) is 1. The predicted octanol–water partition coefficient (Wildman–Crippen LogP) is 3.52. The van der Waals surface area contributed by atoms with E-state index in [1.165, 1.54) is 12.1 Å². The molecular weight excluding hydrogens is 400 g/mol. The zero-order valence-electron chi connectivity index (χ0n) is 14.0. The quantitative estimate of drug-likeness (QED) is 0.431. The number of sulfone groups is 1. The number of rotatable bonds is 6. The largest absolute Gasteiger partial charge is 0.442 e. The van der Waals surface area contributed by atoms with Gasteiger partial charge in [-0.2, -0.15) is 0 Å². The fourth-order valence-corrected chi connectivity index (χ4v) is 3.14. The van der Waals surface area contributed by atoms with Crippen molar-refractivity contribution >= 4 is 38.2 Å². The molecule has 0 aromatic heterocycles. The van der Waals surface area contributed by atoms with Crippen molar-refractivity contribution in [2.45, 2.75) is 44.8 Å². The van der Waals surface area contributed by atoms with Gasteiger partial charge in [-0.05, 0) is 38.5 Å². The predicted molar refractivity (Wildman–Crippen MR) is 93.5 cm³/mol. The van der Waals surface area contributed by atoms with Crippen LogP contribution in [0.25, 0.3) is 0 Å². The molecule has 9 heteroatoms. The van der Waals surface area contributed by atoms with Gasteiger partial charge in [0.15, 0.2) is 9.84 Å². The molecule has 134 valence electrons. The Labute approximate surface area is 150 Å². The molecule has 0 fully saturated rings. The topological polar surface area (TPSA) is 96.8 Å². The van der Waals surface area contributed by atoms with Crippen LogP contribution >= 0.6 is 15.9 Å². The van der Waals surface area contributed by atoms with Gasteiger partial charge in [-0.25, -0.2) is 13.2 Å². The SMILES string of the molecule is CCS(=O)(=O)c1ccc(CON(C=N)C(=O)OC(C)(C)C)c(Br)c1. The number of amides is 1. The van der Waals surface area contributed by atoms with Crippen molar-refractivity contribution in [2.24, 2.45) is 0 Å². The number of hydroxylamine groups is 2. The maximum Gasteiger partial charge on any atom is 0.440 e. The minimum atomic E-state index is -3.30. The van der Waals surface area contributed by atoms with Gasteiger partial charge in [-0.1, -0.05) is 28.9 Å². The highest BCUT2D eigenvalue weighted by Gasteiger charge is 2.22. The number of ether oxygens (including phenoxy) is 1. The third kappa shape index (κ3) is 5.88. The average Bonchev–Trinajstić information content (AvgIpc) is 2.47.